The number of nitrogens with one attached hydrogen (secondary N) is 2. The molecule has 0 spiro atoms. The highest BCUT2D eigenvalue weighted by Gasteiger charge is 2.00. The minimum Gasteiger partial charge on any atom is -0.359 e. The molecule has 1 rings (SSSR count). The zero-order valence-electron chi connectivity index (χ0n) is 17.5. The van der Waals surface area contributed by atoms with Gasteiger partial charge in [0.15, 0.2) is 0 Å². The van der Waals surface area contributed by atoms with E-state index < -0.39 is 0 Å². The molecule has 0 radical (unpaired) electrons. The Labute approximate surface area is 169 Å². The maximum Gasteiger partial charge on any atom is 0.122 e. The standard InChI is InChI=1S/C24H30N4/c1-7-21(8-2)16-18(4)24(9-3)27-19(5)14-15-26-20(6)28-23-12-10-22(17-25)11-13-23/h7,9-16,27-28H,6,8H2,1-5H3/b18-16-,19-14+,21-7-,24-9-,26-15-. The van der Waals surface area contributed by atoms with Crippen LogP contribution in [0, 0.1) is 11.3 Å². The fraction of sp³-hybridized carbons (Fsp3) is 0.250. The van der Waals surface area contributed by atoms with Crippen molar-refractivity contribution in [3.05, 3.63) is 89.1 Å². The normalized spacial score (nSPS) is 13.4. The molecule has 2 N–H and O–H groups in total. The lowest BCUT2D eigenvalue weighted by atomic mass is 10.1. The number of nitriles is 1. The Morgan fingerprint density at radius 1 is 1.18 bits per heavy atom. The first-order valence-corrected chi connectivity index (χ1v) is 9.37. The third kappa shape index (κ3) is 7.92. The number of aliphatic imine (C=N–C) groups is 1. The highest BCUT2D eigenvalue weighted by Crippen LogP contribution is 2.14. The number of hydrogen-bond acceptors (Lipinski definition) is 4. The summed E-state index contributed by atoms with van der Waals surface area (Å²) in [7, 11) is 0. The first-order chi connectivity index (χ1) is 13.4. The molecular formula is C24H30N4. The average molecular weight is 375 g/mol. The Balaban J connectivity index is 2.69. The zero-order valence-corrected chi connectivity index (χ0v) is 17.5. The summed E-state index contributed by atoms with van der Waals surface area (Å²) in [6, 6.07) is 9.24. The Hall–Kier alpha value is -3.32. The average Bonchev–Trinajstić information content (AvgIpc) is 2.70. The zero-order chi connectivity index (χ0) is 20.9. The van der Waals surface area contributed by atoms with E-state index in [0.29, 0.717) is 11.4 Å². The second-order valence-corrected chi connectivity index (χ2v) is 6.26. The topological polar surface area (TPSA) is 60.2 Å². The van der Waals surface area contributed by atoms with Gasteiger partial charge in [0.1, 0.15) is 5.82 Å². The smallest absolute Gasteiger partial charge is 0.122 e. The van der Waals surface area contributed by atoms with Crippen molar-refractivity contribution in [3.63, 3.8) is 0 Å². The van der Waals surface area contributed by atoms with Crippen molar-refractivity contribution >= 4 is 11.9 Å². The van der Waals surface area contributed by atoms with Crippen LogP contribution in [0.5, 0.6) is 0 Å². The van der Waals surface area contributed by atoms with Crippen LogP contribution < -0.4 is 10.6 Å². The molecule has 0 heterocycles. The summed E-state index contributed by atoms with van der Waals surface area (Å²) in [4.78, 5) is 4.30. The van der Waals surface area contributed by atoms with Crippen LogP contribution in [0.25, 0.3) is 0 Å². The van der Waals surface area contributed by atoms with E-state index in [1.807, 2.05) is 32.1 Å². The highest BCUT2D eigenvalue weighted by molar-refractivity contribution is 5.73. The number of nitrogens with zero attached hydrogens (tertiary/aromatic N) is 2. The van der Waals surface area contributed by atoms with Gasteiger partial charge in [0, 0.05) is 23.3 Å². The van der Waals surface area contributed by atoms with E-state index in [4.69, 9.17) is 5.26 Å². The van der Waals surface area contributed by atoms with E-state index in [1.54, 1.807) is 18.3 Å². The lowest BCUT2D eigenvalue weighted by Crippen LogP contribution is -2.12. The van der Waals surface area contributed by atoms with Crippen LogP contribution in [0.4, 0.5) is 5.69 Å². The van der Waals surface area contributed by atoms with Crippen molar-refractivity contribution in [1.82, 2.24) is 5.32 Å². The van der Waals surface area contributed by atoms with Gasteiger partial charge in [-0.2, -0.15) is 5.26 Å². The summed E-state index contributed by atoms with van der Waals surface area (Å²) in [5.41, 5.74) is 6.02. The second-order valence-electron chi connectivity index (χ2n) is 6.26. The minimum atomic E-state index is 0.525. The molecule has 1 aromatic rings. The van der Waals surface area contributed by atoms with E-state index in [1.165, 1.54) is 11.1 Å². The summed E-state index contributed by atoms with van der Waals surface area (Å²) >= 11 is 0. The van der Waals surface area contributed by atoms with Crippen molar-refractivity contribution in [3.8, 4) is 6.07 Å². The van der Waals surface area contributed by atoms with E-state index >= 15 is 0 Å². The Kier molecular flexibility index (Phi) is 9.85. The molecule has 0 aliphatic rings. The van der Waals surface area contributed by atoms with Gasteiger partial charge in [-0.15, -0.1) is 0 Å². The third-order valence-electron chi connectivity index (χ3n) is 4.08. The number of anilines is 1. The molecule has 4 heteroatoms. The van der Waals surface area contributed by atoms with E-state index in [2.05, 4.69) is 67.3 Å². The molecule has 0 aromatic heterocycles. The van der Waals surface area contributed by atoms with E-state index in [0.717, 1.165) is 23.5 Å². The first kappa shape index (κ1) is 22.7. The molecule has 0 fully saturated rings. The van der Waals surface area contributed by atoms with Crippen LogP contribution in [-0.4, -0.2) is 6.21 Å². The van der Waals surface area contributed by atoms with Crippen molar-refractivity contribution < 1.29 is 0 Å². The Bertz CT molecular complexity index is 857. The van der Waals surface area contributed by atoms with Crippen molar-refractivity contribution in [2.24, 2.45) is 4.99 Å². The number of rotatable bonds is 9. The van der Waals surface area contributed by atoms with Crippen LogP contribution in [0.1, 0.15) is 46.6 Å². The van der Waals surface area contributed by atoms with Gasteiger partial charge in [0.25, 0.3) is 0 Å². The van der Waals surface area contributed by atoms with Crippen LogP contribution in [0.15, 0.2) is 88.5 Å². The van der Waals surface area contributed by atoms with Crippen LogP contribution in [0.2, 0.25) is 0 Å². The largest absolute Gasteiger partial charge is 0.359 e. The van der Waals surface area contributed by atoms with Gasteiger partial charge in [-0.1, -0.05) is 37.3 Å². The molecule has 0 saturated carbocycles. The molecule has 146 valence electrons. The number of benzene rings is 1. The second kappa shape index (κ2) is 12.1. The maximum absolute atomic E-state index is 8.83. The summed E-state index contributed by atoms with van der Waals surface area (Å²) in [6.07, 6.45) is 11.0. The Morgan fingerprint density at radius 2 is 1.86 bits per heavy atom. The predicted molar refractivity (Wildman–Crippen MR) is 121 cm³/mol. The molecule has 0 atom stereocenters. The molecule has 0 aliphatic heterocycles. The molecule has 1 aromatic carbocycles. The van der Waals surface area contributed by atoms with Crippen LogP contribution in [0.3, 0.4) is 0 Å². The minimum absolute atomic E-state index is 0.525. The van der Waals surface area contributed by atoms with Gasteiger partial charge in [-0.3, -0.25) is 0 Å². The lowest BCUT2D eigenvalue weighted by Gasteiger charge is -2.12. The monoisotopic (exact) mass is 374 g/mol. The van der Waals surface area contributed by atoms with E-state index in [-0.39, 0.29) is 0 Å². The summed E-state index contributed by atoms with van der Waals surface area (Å²) in [5.74, 6) is 0.525. The van der Waals surface area contributed by atoms with Crippen molar-refractivity contribution in [1.29, 1.82) is 5.26 Å². The number of hydrogen-bond donors (Lipinski definition) is 2. The lowest BCUT2D eigenvalue weighted by molar-refractivity contribution is 0.970. The van der Waals surface area contributed by atoms with E-state index in [9.17, 15) is 0 Å². The fourth-order valence-corrected chi connectivity index (χ4v) is 2.46. The van der Waals surface area contributed by atoms with Gasteiger partial charge in [0.05, 0.1) is 11.6 Å². The molecule has 4 nitrogen and oxygen atoms in total. The molecular weight excluding hydrogens is 344 g/mol. The molecule has 0 aliphatic carbocycles. The highest BCUT2D eigenvalue weighted by atomic mass is 15.0. The quantitative estimate of drug-likeness (QED) is 0.399. The molecule has 0 amide bonds. The van der Waals surface area contributed by atoms with Crippen molar-refractivity contribution in [2.75, 3.05) is 5.32 Å². The molecule has 0 saturated heterocycles. The van der Waals surface area contributed by atoms with Gasteiger partial charge < -0.3 is 10.6 Å². The molecule has 0 bridgehead atoms. The maximum atomic E-state index is 8.83. The number of allylic oxidation sites excluding steroid dienone is 7. The Morgan fingerprint density at radius 3 is 2.39 bits per heavy atom. The predicted octanol–water partition coefficient (Wildman–Crippen LogP) is 6.21. The van der Waals surface area contributed by atoms with Gasteiger partial charge in [-0.05, 0) is 70.0 Å². The van der Waals surface area contributed by atoms with Gasteiger partial charge >= 0.3 is 0 Å². The van der Waals surface area contributed by atoms with Crippen LogP contribution in [-0.2, 0) is 0 Å². The molecule has 28 heavy (non-hydrogen) atoms. The van der Waals surface area contributed by atoms with Gasteiger partial charge in [-0.25, -0.2) is 4.99 Å². The van der Waals surface area contributed by atoms with Gasteiger partial charge in [0.2, 0.25) is 0 Å². The third-order valence-corrected chi connectivity index (χ3v) is 4.08. The van der Waals surface area contributed by atoms with Crippen molar-refractivity contribution in [2.45, 2.75) is 41.0 Å². The SMILES string of the molecule is C=C(/N=C\C=C(/C)NC(=C\C)/C(C)=C\C(=C/C)CC)Nc1ccc(C#N)cc1. The summed E-state index contributed by atoms with van der Waals surface area (Å²) in [6.45, 7) is 14.2. The fourth-order valence-electron chi connectivity index (χ4n) is 2.46. The van der Waals surface area contributed by atoms with Crippen LogP contribution >= 0.6 is 0 Å². The summed E-state index contributed by atoms with van der Waals surface area (Å²) < 4.78 is 0. The first-order valence-electron chi connectivity index (χ1n) is 9.37. The molecule has 0 unspecified atom stereocenters. The summed E-state index contributed by atoms with van der Waals surface area (Å²) in [5, 5.41) is 15.3.